The molecule has 0 spiro atoms. The SMILES string of the molecule is C=CCNC(=O)c1ccccc1NC(=O)CN(c1ccc(C(C)(C)C)cc1)S(C)(=O)=O. The smallest absolute Gasteiger partial charge is 0.253 e. The van der Waals surface area contributed by atoms with E-state index in [9.17, 15) is 18.0 Å². The summed E-state index contributed by atoms with van der Waals surface area (Å²) in [5, 5.41) is 5.30. The summed E-state index contributed by atoms with van der Waals surface area (Å²) in [6, 6.07) is 13.6. The Hall–Kier alpha value is -3.13. The maximum atomic E-state index is 12.7. The van der Waals surface area contributed by atoms with Crippen LogP contribution < -0.4 is 14.9 Å². The molecule has 0 saturated carbocycles. The molecule has 0 radical (unpaired) electrons. The van der Waals surface area contributed by atoms with Crippen LogP contribution in [0.5, 0.6) is 0 Å². The first-order valence-electron chi connectivity index (χ1n) is 9.79. The highest BCUT2D eigenvalue weighted by Gasteiger charge is 2.23. The number of sulfonamides is 1. The van der Waals surface area contributed by atoms with E-state index in [1.54, 1.807) is 42.5 Å². The van der Waals surface area contributed by atoms with Crippen molar-refractivity contribution in [3.05, 3.63) is 72.3 Å². The van der Waals surface area contributed by atoms with Crippen LogP contribution in [0.4, 0.5) is 11.4 Å². The molecule has 166 valence electrons. The van der Waals surface area contributed by atoms with E-state index in [1.165, 1.54) is 0 Å². The quantitative estimate of drug-likeness (QED) is 0.612. The third-order valence-electron chi connectivity index (χ3n) is 4.56. The summed E-state index contributed by atoms with van der Waals surface area (Å²) < 4.78 is 25.8. The molecule has 2 N–H and O–H groups in total. The fourth-order valence-corrected chi connectivity index (χ4v) is 3.75. The molecule has 0 atom stereocenters. The summed E-state index contributed by atoms with van der Waals surface area (Å²) in [6.07, 6.45) is 2.60. The molecule has 2 aromatic carbocycles. The topological polar surface area (TPSA) is 95.6 Å². The van der Waals surface area contributed by atoms with Gasteiger partial charge in [0.1, 0.15) is 6.54 Å². The molecule has 7 nitrogen and oxygen atoms in total. The Kier molecular flexibility index (Phi) is 7.62. The first kappa shape index (κ1) is 24.1. The van der Waals surface area contributed by atoms with Gasteiger partial charge in [0.05, 0.1) is 23.2 Å². The summed E-state index contributed by atoms with van der Waals surface area (Å²) in [6.45, 7) is 9.60. The molecule has 0 saturated heterocycles. The Morgan fingerprint density at radius 2 is 1.68 bits per heavy atom. The van der Waals surface area contributed by atoms with Gasteiger partial charge >= 0.3 is 0 Å². The molecule has 0 fully saturated rings. The summed E-state index contributed by atoms with van der Waals surface area (Å²) in [4.78, 5) is 25.0. The molecule has 2 aromatic rings. The van der Waals surface area contributed by atoms with Gasteiger partial charge in [0.15, 0.2) is 0 Å². The van der Waals surface area contributed by atoms with Crippen molar-refractivity contribution in [2.24, 2.45) is 0 Å². The number of benzene rings is 2. The monoisotopic (exact) mass is 443 g/mol. The number of hydrogen-bond acceptors (Lipinski definition) is 4. The fourth-order valence-electron chi connectivity index (χ4n) is 2.90. The number of rotatable bonds is 8. The van der Waals surface area contributed by atoms with Gasteiger partial charge in [-0.15, -0.1) is 6.58 Å². The Bertz CT molecular complexity index is 1050. The highest BCUT2D eigenvalue weighted by atomic mass is 32.2. The molecule has 0 aliphatic carbocycles. The minimum Gasteiger partial charge on any atom is -0.349 e. The summed E-state index contributed by atoms with van der Waals surface area (Å²) in [7, 11) is -3.71. The number of anilines is 2. The molecular weight excluding hydrogens is 414 g/mol. The lowest BCUT2D eigenvalue weighted by Gasteiger charge is -2.24. The molecule has 0 aliphatic heterocycles. The van der Waals surface area contributed by atoms with Crippen molar-refractivity contribution in [2.45, 2.75) is 26.2 Å². The minimum absolute atomic E-state index is 0.0816. The average molecular weight is 444 g/mol. The van der Waals surface area contributed by atoms with Crippen LogP contribution in [0.3, 0.4) is 0 Å². The van der Waals surface area contributed by atoms with Crippen molar-refractivity contribution >= 4 is 33.2 Å². The van der Waals surface area contributed by atoms with Crippen LogP contribution in [-0.4, -0.2) is 39.6 Å². The normalized spacial score (nSPS) is 11.5. The van der Waals surface area contributed by atoms with Gasteiger partial charge < -0.3 is 10.6 Å². The molecule has 0 bridgehead atoms. The average Bonchev–Trinajstić information content (AvgIpc) is 2.69. The number of amides is 2. The van der Waals surface area contributed by atoms with Gasteiger partial charge in [0.2, 0.25) is 15.9 Å². The van der Waals surface area contributed by atoms with Gasteiger partial charge in [-0.05, 0) is 35.2 Å². The van der Waals surface area contributed by atoms with Gasteiger partial charge in [-0.3, -0.25) is 13.9 Å². The predicted molar refractivity (Wildman–Crippen MR) is 125 cm³/mol. The molecule has 0 aliphatic rings. The second kappa shape index (κ2) is 9.78. The number of carbonyl (C=O) groups is 2. The van der Waals surface area contributed by atoms with Gasteiger partial charge in [-0.25, -0.2) is 8.42 Å². The highest BCUT2D eigenvalue weighted by Crippen LogP contribution is 2.26. The van der Waals surface area contributed by atoms with Gasteiger partial charge in [0.25, 0.3) is 5.91 Å². The Morgan fingerprint density at radius 1 is 1.06 bits per heavy atom. The third kappa shape index (κ3) is 6.68. The first-order chi connectivity index (χ1) is 14.4. The lowest BCUT2D eigenvalue weighted by Crippen LogP contribution is -2.37. The first-order valence-corrected chi connectivity index (χ1v) is 11.6. The maximum absolute atomic E-state index is 12.7. The van der Waals surface area contributed by atoms with E-state index >= 15 is 0 Å². The van der Waals surface area contributed by atoms with Crippen LogP contribution in [0, 0.1) is 0 Å². The molecule has 8 heteroatoms. The standard InChI is InChI=1S/C23H29N3O4S/c1-6-15-24-22(28)19-9-7-8-10-20(19)25-21(27)16-26(31(5,29)30)18-13-11-17(12-14-18)23(2,3)4/h6-14H,1,15-16H2,2-5H3,(H,24,28)(H,25,27). The van der Waals surface area contributed by atoms with Crippen molar-refractivity contribution in [3.8, 4) is 0 Å². The Balaban J connectivity index is 2.24. The Labute approximate surface area is 184 Å². The van der Waals surface area contributed by atoms with Crippen molar-refractivity contribution in [3.63, 3.8) is 0 Å². The zero-order valence-corrected chi connectivity index (χ0v) is 19.1. The van der Waals surface area contributed by atoms with Crippen LogP contribution in [0.2, 0.25) is 0 Å². The van der Waals surface area contributed by atoms with E-state index in [0.717, 1.165) is 16.1 Å². The zero-order chi connectivity index (χ0) is 23.2. The van der Waals surface area contributed by atoms with Gasteiger partial charge in [-0.2, -0.15) is 0 Å². The van der Waals surface area contributed by atoms with Crippen LogP contribution in [0.1, 0.15) is 36.7 Å². The van der Waals surface area contributed by atoms with Crippen molar-refractivity contribution < 1.29 is 18.0 Å². The number of nitrogens with zero attached hydrogens (tertiary/aromatic N) is 1. The van der Waals surface area contributed by atoms with E-state index < -0.39 is 22.5 Å². The number of nitrogens with one attached hydrogen (secondary N) is 2. The molecule has 31 heavy (non-hydrogen) atoms. The van der Waals surface area contributed by atoms with E-state index in [4.69, 9.17) is 0 Å². The Morgan fingerprint density at radius 3 is 2.23 bits per heavy atom. The van der Waals surface area contributed by atoms with Crippen molar-refractivity contribution in [1.82, 2.24) is 5.32 Å². The predicted octanol–water partition coefficient (Wildman–Crippen LogP) is 3.30. The second-order valence-corrected chi connectivity index (χ2v) is 10.1. The number of carbonyl (C=O) groups excluding carboxylic acids is 2. The molecule has 0 aromatic heterocycles. The van der Waals surface area contributed by atoms with E-state index in [0.29, 0.717) is 11.4 Å². The molecule has 0 unspecified atom stereocenters. The lowest BCUT2D eigenvalue weighted by atomic mass is 9.87. The molecular formula is C23H29N3O4S. The van der Waals surface area contributed by atoms with Crippen molar-refractivity contribution in [2.75, 3.05) is 29.0 Å². The largest absolute Gasteiger partial charge is 0.349 e. The fraction of sp³-hybridized carbons (Fsp3) is 0.304. The van der Waals surface area contributed by atoms with Crippen LogP contribution in [0.25, 0.3) is 0 Å². The summed E-state index contributed by atoms with van der Waals surface area (Å²) >= 11 is 0. The zero-order valence-electron chi connectivity index (χ0n) is 18.3. The van der Waals surface area contributed by atoms with Crippen LogP contribution in [0.15, 0.2) is 61.2 Å². The second-order valence-electron chi connectivity index (χ2n) is 8.16. The van der Waals surface area contributed by atoms with Gasteiger partial charge in [0, 0.05) is 6.54 Å². The maximum Gasteiger partial charge on any atom is 0.253 e. The molecule has 2 rings (SSSR count). The van der Waals surface area contributed by atoms with Gasteiger partial charge in [-0.1, -0.05) is 51.1 Å². The van der Waals surface area contributed by atoms with E-state index in [1.807, 2.05) is 12.1 Å². The third-order valence-corrected chi connectivity index (χ3v) is 5.70. The van der Waals surface area contributed by atoms with E-state index in [-0.39, 0.29) is 23.4 Å². The summed E-state index contributed by atoms with van der Waals surface area (Å²) in [5.74, 6) is -0.928. The van der Waals surface area contributed by atoms with Crippen LogP contribution in [-0.2, 0) is 20.2 Å². The number of para-hydroxylation sites is 1. The lowest BCUT2D eigenvalue weighted by molar-refractivity contribution is -0.114. The van der Waals surface area contributed by atoms with Crippen LogP contribution >= 0.6 is 0 Å². The molecule has 2 amide bonds. The minimum atomic E-state index is -3.71. The molecule has 0 heterocycles. The summed E-state index contributed by atoms with van der Waals surface area (Å²) in [5.41, 5.74) is 1.93. The highest BCUT2D eigenvalue weighted by molar-refractivity contribution is 7.92. The van der Waals surface area contributed by atoms with E-state index in [2.05, 4.69) is 38.0 Å². The van der Waals surface area contributed by atoms with Crippen molar-refractivity contribution in [1.29, 1.82) is 0 Å². The number of hydrogen-bond donors (Lipinski definition) is 2.